The van der Waals surface area contributed by atoms with Crippen LogP contribution in [0.1, 0.15) is 30.1 Å². The van der Waals surface area contributed by atoms with Crippen molar-refractivity contribution in [3.05, 3.63) is 28.2 Å². The van der Waals surface area contributed by atoms with Gasteiger partial charge in [0.05, 0.1) is 12.2 Å². The number of halogens is 1. The van der Waals surface area contributed by atoms with E-state index in [0.29, 0.717) is 29.5 Å². The molecule has 2 rings (SSSR count). The van der Waals surface area contributed by atoms with Gasteiger partial charge in [0.15, 0.2) is 0 Å². The Labute approximate surface area is 134 Å². The maximum atomic E-state index is 12.8. The lowest BCUT2D eigenvalue weighted by atomic mass is 10.1. The van der Waals surface area contributed by atoms with Crippen molar-refractivity contribution >= 4 is 34.5 Å². The number of benzene rings is 1. The van der Waals surface area contributed by atoms with Crippen LogP contribution in [0.2, 0.25) is 0 Å². The number of amides is 1. The molecule has 1 amide bonds. The first kappa shape index (κ1) is 15.9. The van der Waals surface area contributed by atoms with E-state index in [1.54, 1.807) is 7.11 Å². The highest BCUT2D eigenvalue weighted by atomic mass is 79.9. The Kier molecular flexibility index (Phi) is 5.52. The summed E-state index contributed by atoms with van der Waals surface area (Å²) in [5.41, 5.74) is 0.653. The zero-order valence-corrected chi connectivity index (χ0v) is 14.3. The number of hydrogen-bond acceptors (Lipinski definition) is 3. The second-order valence-corrected chi connectivity index (χ2v) is 6.63. The first-order chi connectivity index (χ1) is 9.54. The third-order valence-corrected chi connectivity index (χ3v) is 4.65. The van der Waals surface area contributed by atoms with E-state index in [4.69, 9.17) is 4.74 Å². The second-order valence-electron chi connectivity index (χ2n) is 5.23. The number of carbonyl (C=O) groups excluding carboxylic acids is 1. The van der Waals surface area contributed by atoms with Crippen molar-refractivity contribution in [3.8, 4) is 0 Å². The van der Waals surface area contributed by atoms with Crippen LogP contribution in [0.15, 0.2) is 27.6 Å². The Hall–Kier alpha value is -0.520. The minimum atomic E-state index is 0.0407. The molecule has 1 aliphatic rings. The molecule has 1 aliphatic carbocycles. The first-order valence-corrected chi connectivity index (χ1v) is 8.07. The summed E-state index contributed by atoms with van der Waals surface area (Å²) < 4.78 is 6.07. The Bertz CT molecular complexity index is 491. The monoisotopic (exact) mass is 357 g/mol. The van der Waals surface area contributed by atoms with Crippen LogP contribution >= 0.6 is 28.6 Å². The average molecular weight is 358 g/mol. The SMILES string of the molecule is COCCN(C(=O)c1ccc(Br)cc1S)C(C)C1CC1. The van der Waals surface area contributed by atoms with E-state index in [-0.39, 0.29) is 11.9 Å². The summed E-state index contributed by atoms with van der Waals surface area (Å²) in [6, 6.07) is 5.82. The highest BCUT2D eigenvalue weighted by Crippen LogP contribution is 2.36. The van der Waals surface area contributed by atoms with Crippen molar-refractivity contribution in [2.24, 2.45) is 5.92 Å². The molecule has 1 saturated carbocycles. The molecule has 3 nitrogen and oxygen atoms in total. The molecule has 0 heterocycles. The third-order valence-electron chi connectivity index (χ3n) is 3.78. The summed E-state index contributed by atoms with van der Waals surface area (Å²) >= 11 is 7.81. The lowest BCUT2D eigenvalue weighted by Crippen LogP contribution is -2.42. The van der Waals surface area contributed by atoms with E-state index in [2.05, 4.69) is 35.5 Å². The number of nitrogens with zero attached hydrogens (tertiary/aromatic N) is 1. The van der Waals surface area contributed by atoms with Gasteiger partial charge in [-0.25, -0.2) is 0 Å². The molecule has 1 fully saturated rings. The highest BCUT2D eigenvalue weighted by Gasteiger charge is 2.34. The molecule has 110 valence electrons. The summed E-state index contributed by atoms with van der Waals surface area (Å²) in [5, 5.41) is 0. The van der Waals surface area contributed by atoms with E-state index in [0.717, 1.165) is 4.47 Å². The molecule has 1 unspecified atom stereocenters. The number of hydrogen-bond donors (Lipinski definition) is 1. The minimum Gasteiger partial charge on any atom is -0.383 e. The maximum Gasteiger partial charge on any atom is 0.255 e. The molecule has 0 radical (unpaired) electrons. The van der Waals surface area contributed by atoms with Crippen LogP contribution in [0.3, 0.4) is 0 Å². The maximum absolute atomic E-state index is 12.8. The van der Waals surface area contributed by atoms with E-state index in [1.807, 2.05) is 23.1 Å². The quantitative estimate of drug-likeness (QED) is 0.787. The van der Waals surface area contributed by atoms with Gasteiger partial charge in [-0.1, -0.05) is 15.9 Å². The number of thiol groups is 1. The van der Waals surface area contributed by atoms with Gasteiger partial charge >= 0.3 is 0 Å². The number of ether oxygens (including phenoxy) is 1. The van der Waals surface area contributed by atoms with Gasteiger partial charge in [-0.05, 0) is 43.9 Å². The van der Waals surface area contributed by atoms with Crippen LogP contribution in [-0.2, 0) is 4.74 Å². The van der Waals surface area contributed by atoms with Gasteiger partial charge in [-0.2, -0.15) is 0 Å². The summed E-state index contributed by atoms with van der Waals surface area (Å²) in [6.07, 6.45) is 2.43. The molecule has 5 heteroatoms. The third kappa shape index (κ3) is 3.77. The summed E-state index contributed by atoms with van der Waals surface area (Å²) in [6.45, 7) is 3.31. The van der Waals surface area contributed by atoms with Crippen molar-refractivity contribution in [2.75, 3.05) is 20.3 Å². The molecule has 0 aromatic heterocycles. The van der Waals surface area contributed by atoms with Gasteiger partial charge in [0.1, 0.15) is 0 Å². The van der Waals surface area contributed by atoms with E-state index < -0.39 is 0 Å². The zero-order valence-electron chi connectivity index (χ0n) is 11.8. The Morgan fingerprint density at radius 2 is 2.25 bits per heavy atom. The molecule has 0 bridgehead atoms. The van der Waals surface area contributed by atoms with Crippen LogP contribution < -0.4 is 0 Å². The molecular formula is C15H20BrNO2S. The Morgan fingerprint density at radius 1 is 1.55 bits per heavy atom. The van der Waals surface area contributed by atoms with E-state index in [9.17, 15) is 4.79 Å². The highest BCUT2D eigenvalue weighted by molar-refractivity contribution is 9.10. The number of carbonyl (C=O) groups is 1. The van der Waals surface area contributed by atoms with Crippen molar-refractivity contribution in [1.29, 1.82) is 0 Å². The molecular weight excluding hydrogens is 338 g/mol. The lowest BCUT2D eigenvalue weighted by Gasteiger charge is -2.29. The van der Waals surface area contributed by atoms with Gasteiger partial charge in [0.25, 0.3) is 5.91 Å². The van der Waals surface area contributed by atoms with Gasteiger partial charge in [-0.15, -0.1) is 12.6 Å². The zero-order chi connectivity index (χ0) is 14.7. The van der Waals surface area contributed by atoms with Crippen molar-refractivity contribution in [1.82, 2.24) is 4.90 Å². The van der Waals surface area contributed by atoms with Crippen LogP contribution in [-0.4, -0.2) is 37.1 Å². The van der Waals surface area contributed by atoms with E-state index in [1.165, 1.54) is 12.8 Å². The Morgan fingerprint density at radius 3 is 2.80 bits per heavy atom. The van der Waals surface area contributed by atoms with Crippen molar-refractivity contribution in [2.45, 2.75) is 30.7 Å². The minimum absolute atomic E-state index is 0.0407. The summed E-state index contributed by atoms with van der Waals surface area (Å²) in [7, 11) is 1.66. The van der Waals surface area contributed by atoms with Gasteiger partial charge in [-0.3, -0.25) is 4.79 Å². The van der Waals surface area contributed by atoms with Gasteiger partial charge in [0, 0.05) is 29.1 Å². The summed E-state index contributed by atoms with van der Waals surface area (Å²) in [5.74, 6) is 0.675. The van der Waals surface area contributed by atoms with E-state index >= 15 is 0 Å². The van der Waals surface area contributed by atoms with Crippen LogP contribution in [0.25, 0.3) is 0 Å². The Balaban J connectivity index is 2.20. The topological polar surface area (TPSA) is 29.5 Å². The molecule has 20 heavy (non-hydrogen) atoms. The standard InChI is InChI=1S/C15H20BrNO2S/c1-10(11-3-4-11)17(7-8-19-2)15(18)13-6-5-12(16)9-14(13)20/h5-6,9-11,20H,3-4,7-8H2,1-2H3. The van der Waals surface area contributed by atoms with Crippen molar-refractivity contribution in [3.63, 3.8) is 0 Å². The van der Waals surface area contributed by atoms with Gasteiger partial charge < -0.3 is 9.64 Å². The molecule has 1 aromatic rings. The fraction of sp³-hybridized carbons (Fsp3) is 0.533. The molecule has 0 aliphatic heterocycles. The fourth-order valence-electron chi connectivity index (χ4n) is 2.35. The number of methoxy groups -OCH3 is 1. The normalized spacial score (nSPS) is 16.0. The largest absolute Gasteiger partial charge is 0.383 e. The molecule has 0 saturated heterocycles. The fourth-order valence-corrected chi connectivity index (χ4v) is 3.20. The lowest BCUT2D eigenvalue weighted by molar-refractivity contribution is 0.0591. The second kappa shape index (κ2) is 6.96. The molecule has 0 N–H and O–H groups in total. The molecule has 1 atom stereocenters. The van der Waals surface area contributed by atoms with Crippen molar-refractivity contribution < 1.29 is 9.53 Å². The predicted octanol–water partition coefficient (Wildman–Crippen LogP) is 3.62. The average Bonchev–Trinajstić information content (AvgIpc) is 3.22. The van der Waals surface area contributed by atoms with Crippen LogP contribution in [0, 0.1) is 5.92 Å². The van der Waals surface area contributed by atoms with Crippen LogP contribution in [0.4, 0.5) is 0 Å². The van der Waals surface area contributed by atoms with Crippen LogP contribution in [0.5, 0.6) is 0 Å². The molecule has 0 spiro atoms. The predicted molar refractivity (Wildman–Crippen MR) is 86.5 cm³/mol. The summed E-state index contributed by atoms with van der Waals surface area (Å²) in [4.78, 5) is 15.4. The first-order valence-electron chi connectivity index (χ1n) is 6.83. The smallest absolute Gasteiger partial charge is 0.255 e. The van der Waals surface area contributed by atoms with Gasteiger partial charge in [0.2, 0.25) is 0 Å². The molecule has 1 aromatic carbocycles. The number of rotatable bonds is 6.